The van der Waals surface area contributed by atoms with E-state index in [0.29, 0.717) is 0 Å². The topological polar surface area (TPSA) is 50.1 Å². The zero-order valence-corrected chi connectivity index (χ0v) is 10.0. The number of halogens is 4. The van der Waals surface area contributed by atoms with Crippen LogP contribution in [-0.4, -0.2) is 12.1 Å². The molecule has 0 saturated heterocycles. The summed E-state index contributed by atoms with van der Waals surface area (Å²) in [6.45, 7) is 1.06. The number of nitrogens with zero attached hydrogens (tertiary/aromatic N) is 1. The maximum absolute atomic E-state index is 12.1. The summed E-state index contributed by atoms with van der Waals surface area (Å²) in [4.78, 5) is 11.3. The van der Waals surface area contributed by atoms with Gasteiger partial charge in [0.2, 0.25) is 0 Å². The molecule has 0 aliphatic heterocycles. The van der Waals surface area contributed by atoms with Crippen molar-refractivity contribution >= 4 is 21.7 Å². The van der Waals surface area contributed by atoms with Crippen LogP contribution in [0.1, 0.15) is 22.8 Å². The second-order valence-corrected chi connectivity index (χ2v) is 3.87. The van der Waals surface area contributed by atoms with Gasteiger partial charge in [-0.25, -0.2) is 0 Å². The van der Waals surface area contributed by atoms with Crippen molar-refractivity contribution < 1.29 is 22.7 Å². The molecule has 1 aromatic rings. The van der Waals surface area contributed by atoms with Crippen molar-refractivity contribution in [2.45, 2.75) is 13.3 Å². The molecule has 0 amide bonds. The fraction of sp³-hybridized carbons (Fsp3) is 0.200. The zero-order chi connectivity index (χ0) is 13.2. The van der Waals surface area contributed by atoms with Crippen LogP contribution in [0.4, 0.5) is 13.2 Å². The molecule has 0 spiro atoms. The number of ketones is 1. The summed E-state index contributed by atoms with van der Waals surface area (Å²) in [6, 6.07) is 3.85. The van der Waals surface area contributed by atoms with Crippen LogP contribution in [0, 0.1) is 11.3 Å². The van der Waals surface area contributed by atoms with E-state index in [0.717, 1.165) is 13.0 Å². The largest absolute Gasteiger partial charge is 0.573 e. The molecule has 1 rings (SSSR count). The predicted molar refractivity (Wildman–Crippen MR) is 55.5 cm³/mol. The smallest absolute Gasteiger partial charge is 0.405 e. The lowest BCUT2D eigenvalue weighted by Gasteiger charge is -2.13. The Bertz CT molecular complexity index is 505. The molecule has 0 radical (unpaired) electrons. The third-order valence-corrected chi connectivity index (χ3v) is 2.47. The minimum atomic E-state index is -4.91. The summed E-state index contributed by atoms with van der Waals surface area (Å²) in [6.07, 6.45) is -4.91. The van der Waals surface area contributed by atoms with Gasteiger partial charge in [-0.15, -0.1) is 13.2 Å². The number of rotatable bonds is 2. The highest BCUT2D eigenvalue weighted by atomic mass is 79.9. The molecular weight excluding hydrogens is 303 g/mol. The Morgan fingerprint density at radius 3 is 2.47 bits per heavy atom. The number of nitriles is 1. The number of benzene rings is 1. The molecule has 0 aliphatic carbocycles. The van der Waals surface area contributed by atoms with Crippen molar-refractivity contribution in [3.8, 4) is 11.8 Å². The van der Waals surface area contributed by atoms with Crippen molar-refractivity contribution in [2.24, 2.45) is 0 Å². The van der Waals surface area contributed by atoms with Gasteiger partial charge in [0.05, 0.1) is 11.1 Å². The van der Waals surface area contributed by atoms with Crippen LogP contribution in [0.2, 0.25) is 0 Å². The van der Waals surface area contributed by atoms with Crippen molar-refractivity contribution in [1.82, 2.24) is 0 Å². The fourth-order valence-electron chi connectivity index (χ4n) is 1.23. The fourth-order valence-corrected chi connectivity index (χ4v) is 1.65. The second-order valence-electron chi connectivity index (χ2n) is 3.01. The summed E-state index contributed by atoms with van der Waals surface area (Å²) in [5.41, 5.74) is -0.571. The number of carbonyl (C=O) groups excluding carboxylic acids is 1. The third kappa shape index (κ3) is 3.20. The highest BCUT2D eigenvalue weighted by molar-refractivity contribution is 9.10. The molecule has 0 bridgehead atoms. The van der Waals surface area contributed by atoms with Crippen LogP contribution in [0.3, 0.4) is 0 Å². The Morgan fingerprint density at radius 1 is 1.47 bits per heavy atom. The van der Waals surface area contributed by atoms with Gasteiger partial charge in [0.1, 0.15) is 11.8 Å². The van der Waals surface area contributed by atoms with Crippen molar-refractivity contribution in [3.63, 3.8) is 0 Å². The molecule has 17 heavy (non-hydrogen) atoms. The molecule has 7 heteroatoms. The summed E-state index contributed by atoms with van der Waals surface area (Å²) >= 11 is 2.98. The van der Waals surface area contributed by atoms with Crippen molar-refractivity contribution in [3.05, 3.63) is 27.7 Å². The quantitative estimate of drug-likeness (QED) is 0.787. The Hall–Kier alpha value is -1.55. The normalized spacial score (nSPS) is 10.8. The molecule has 0 atom stereocenters. The van der Waals surface area contributed by atoms with E-state index in [-0.39, 0.29) is 15.6 Å². The van der Waals surface area contributed by atoms with E-state index in [4.69, 9.17) is 5.26 Å². The first kappa shape index (κ1) is 13.5. The number of Topliss-reactive ketones (excluding diaryl/α,β-unsaturated/α-hetero) is 1. The number of hydrogen-bond donors (Lipinski definition) is 0. The number of carbonyl (C=O) groups is 1. The summed E-state index contributed by atoms with van der Waals surface area (Å²) < 4.78 is 40.2. The Labute approximate surface area is 103 Å². The average molecular weight is 308 g/mol. The Morgan fingerprint density at radius 2 is 2.06 bits per heavy atom. The molecule has 0 N–H and O–H groups in total. The summed E-state index contributed by atoms with van der Waals surface area (Å²) in [5, 5.41) is 8.80. The van der Waals surface area contributed by atoms with Gasteiger partial charge in [-0.05, 0) is 35.0 Å². The first-order valence-electron chi connectivity index (χ1n) is 4.25. The highest BCUT2D eigenvalue weighted by Crippen LogP contribution is 2.32. The van der Waals surface area contributed by atoms with Crippen LogP contribution >= 0.6 is 15.9 Å². The monoisotopic (exact) mass is 307 g/mol. The van der Waals surface area contributed by atoms with Gasteiger partial charge in [-0.2, -0.15) is 5.26 Å². The molecule has 0 unspecified atom stereocenters. The number of hydrogen-bond acceptors (Lipinski definition) is 3. The lowest BCUT2D eigenvalue weighted by Crippen LogP contribution is -2.19. The molecule has 0 heterocycles. The van der Waals surface area contributed by atoms with Crippen LogP contribution < -0.4 is 4.74 Å². The average Bonchev–Trinajstić information content (AvgIpc) is 2.17. The minimum Gasteiger partial charge on any atom is -0.405 e. The molecule has 3 nitrogen and oxygen atoms in total. The van der Waals surface area contributed by atoms with Crippen LogP contribution in [0.25, 0.3) is 0 Å². The first-order chi connectivity index (χ1) is 7.76. The predicted octanol–water partition coefficient (Wildman–Crippen LogP) is 3.42. The maximum atomic E-state index is 12.1. The van der Waals surface area contributed by atoms with Crippen LogP contribution in [0.15, 0.2) is 16.6 Å². The van der Waals surface area contributed by atoms with Gasteiger partial charge < -0.3 is 4.74 Å². The van der Waals surface area contributed by atoms with Gasteiger partial charge in [0.15, 0.2) is 5.78 Å². The Balaban J connectivity index is 3.42. The molecule has 0 aromatic heterocycles. The molecular formula is C10H5BrF3NO2. The minimum absolute atomic E-state index is 0.181. The third-order valence-electron chi connectivity index (χ3n) is 1.81. The number of ether oxygens (including phenoxy) is 1. The molecule has 1 aromatic carbocycles. The van der Waals surface area contributed by atoms with E-state index >= 15 is 0 Å². The lowest BCUT2D eigenvalue weighted by atomic mass is 10.0. The van der Waals surface area contributed by atoms with Crippen LogP contribution in [-0.2, 0) is 0 Å². The van der Waals surface area contributed by atoms with Crippen molar-refractivity contribution in [2.75, 3.05) is 0 Å². The van der Waals surface area contributed by atoms with Crippen LogP contribution in [0.5, 0.6) is 5.75 Å². The molecule has 0 saturated carbocycles. The molecule has 90 valence electrons. The van der Waals surface area contributed by atoms with E-state index in [1.165, 1.54) is 6.07 Å². The SMILES string of the molecule is CC(=O)c1c(OC(F)(F)F)ccc(Br)c1C#N. The molecule has 0 fully saturated rings. The van der Waals surface area contributed by atoms with Gasteiger partial charge >= 0.3 is 6.36 Å². The van der Waals surface area contributed by atoms with Gasteiger partial charge in [-0.3, -0.25) is 4.79 Å². The lowest BCUT2D eigenvalue weighted by molar-refractivity contribution is -0.274. The standard InChI is InChI=1S/C10H5BrF3NO2/c1-5(16)9-6(4-15)7(11)2-3-8(9)17-10(12,13)14/h2-3H,1H3. The summed E-state index contributed by atoms with van der Waals surface area (Å²) in [5.74, 6) is -1.35. The summed E-state index contributed by atoms with van der Waals surface area (Å²) in [7, 11) is 0. The maximum Gasteiger partial charge on any atom is 0.573 e. The molecule has 0 aliphatic rings. The first-order valence-corrected chi connectivity index (χ1v) is 5.05. The van der Waals surface area contributed by atoms with E-state index in [1.807, 2.05) is 0 Å². The van der Waals surface area contributed by atoms with Crippen molar-refractivity contribution in [1.29, 1.82) is 5.26 Å². The highest BCUT2D eigenvalue weighted by Gasteiger charge is 2.33. The van der Waals surface area contributed by atoms with E-state index in [9.17, 15) is 18.0 Å². The van der Waals surface area contributed by atoms with Gasteiger partial charge in [-0.1, -0.05) is 0 Å². The Kier molecular flexibility index (Phi) is 3.78. The second kappa shape index (κ2) is 4.75. The van der Waals surface area contributed by atoms with Gasteiger partial charge in [0.25, 0.3) is 0 Å². The van der Waals surface area contributed by atoms with E-state index < -0.39 is 17.9 Å². The van der Waals surface area contributed by atoms with E-state index in [2.05, 4.69) is 20.7 Å². The van der Waals surface area contributed by atoms with Gasteiger partial charge in [0, 0.05) is 4.47 Å². The number of alkyl halides is 3. The van der Waals surface area contributed by atoms with E-state index in [1.54, 1.807) is 6.07 Å². The zero-order valence-electron chi connectivity index (χ0n) is 8.43.